The Morgan fingerprint density at radius 1 is 2.25 bits per heavy atom. The quantitative estimate of drug-likeness (QED) is 0.529. The van der Waals surface area contributed by atoms with Gasteiger partial charge in [-0.25, -0.2) is 0 Å². The van der Waals surface area contributed by atoms with Crippen LogP contribution in [0.15, 0.2) is 0 Å². The van der Waals surface area contributed by atoms with Gasteiger partial charge in [-0.1, -0.05) is 0 Å². The van der Waals surface area contributed by atoms with Gasteiger partial charge in [-0.3, -0.25) is 0 Å². The lowest BCUT2D eigenvalue weighted by molar-refractivity contribution is 0.419. The summed E-state index contributed by atoms with van der Waals surface area (Å²) < 4.78 is 22.5. The lowest BCUT2D eigenvalue weighted by Gasteiger charge is -2.05. The summed E-state index contributed by atoms with van der Waals surface area (Å²) in [5.74, 6) is 0. The van der Waals surface area contributed by atoms with E-state index in [9.17, 15) is 0 Å². The number of thioether (sulfide) groups is 1. The molecule has 1 saturated heterocycles. The molecule has 0 radical (unpaired) electrons. The van der Waals surface area contributed by atoms with Gasteiger partial charge in [0.2, 0.25) is 0 Å². The molecule has 1 aliphatic heterocycles. The largest absolute Gasteiger partial charge is 0.305 e. The van der Waals surface area contributed by atoms with Gasteiger partial charge in [-0.2, -0.15) is 11.8 Å². The van der Waals surface area contributed by atoms with Crippen LogP contribution in [-0.2, 0) is 0 Å². The highest BCUT2D eigenvalue weighted by Gasteiger charge is 2.17. The number of nitrogens with zero attached hydrogens (tertiary/aromatic N) is 1. The maximum Gasteiger partial charge on any atom is 0.0430 e. The average Bonchev–Trinajstić information content (AvgIpc) is 2.29. The minimum atomic E-state index is -0.693. The zero-order valence-electron chi connectivity index (χ0n) is 8.05. The minimum Gasteiger partial charge on any atom is -0.305 e. The molecule has 2 heteroatoms. The molecule has 1 nitrogen and oxygen atoms in total. The standard InChI is InChI=1S/C6H13NS/c1-7-4-3-6(5-7)8-2/h6H,3-5H2,1-2H3/i1T,3D,6D. The molecule has 1 heterocycles. The second kappa shape index (κ2) is 2.74. The van der Waals surface area contributed by atoms with Gasteiger partial charge >= 0.3 is 0 Å². The van der Waals surface area contributed by atoms with Crippen molar-refractivity contribution in [1.29, 1.82) is 0 Å². The highest BCUT2D eigenvalue weighted by molar-refractivity contribution is 7.99. The normalized spacial score (nSPS) is 55.1. The predicted octanol–water partition coefficient (Wildman–Crippen LogP) is 1.05. The molecule has 1 fully saturated rings. The van der Waals surface area contributed by atoms with E-state index in [1.54, 1.807) is 0 Å². The summed E-state index contributed by atoms with van der Waals surface area (Å²) in [7, 11) is 0.219. The summed E-state index contributed by atoms with van der Waals surface area (Å²) in [6, 6.07) is 0. The van der Waals surface area contributed by atoms with E-state index in [1.165, 1.54) is 11.8 Å². The van der Waals surface area contributed by atoms with Crippen molar-refractivity contribution in [2.45, 2.75) is 11.6 Å². The predicted molar refractivity (Wildman–Crippen MR) is 39.4 cm³/mol. The Morgan fingerprint density at radius 3 is 3.50 bits per heavy atom. The first-order valence-corrected chi connectivity index (χ1v) is 3.84. The second-order valence-corrected chi connectivity index (χ2v) is 2.82. The van der Waals surface area contributed by atoms with E-state index in [2.05, 4.69) is 0 Å². The molecule has 0 aromatic carbocycles. The molecule has 0 aromatic rings. The molecule has 0 N–H and O–H groups in total. The van der Waals surface area contributed by atoms with E-state index in [-0.39, 0.29) is 13.4 Å². The molecule has 0 spiro atoms. The molecule has 0 aliphatic carbocycles. The lowest BCUT2D eigenvalue weighted by atomic mass is 10.4. The smallest absolute Gasteiger partial charge is 0.0430 e. The third kappa shape index (κ3) is 1.39. The summed E-state index contributed by atoms with van der Waals surface area (Å²) in [5, 5.41) is -0.693. The Morgan fingerprint density at radius 2 is 3.12 bits per heavy atom. The van der Waals surface area contributed by atoms with E-state index >= 15 is 0 Å². The summed E-state index contributed by atoms with van der Waals surface area (Å²) in [6.45, 7) is 1.14. The zero-order chi connectivity index (χ0) is 8.48. The Balaban J connectivity index is 2.57. The molecule has 0 bridgehead atoms. The van der Waals surface area contributed by atoms with Crippen molar-refractivity contribution in [2.75, 3.05) is 26.4 Å². The van der Waals surface area contributed by atoms with E-state index < -0.39 is 5.23 Å². The topological polar surface area (TPSA) is 3.24 Å². The van der Waals surface area contributed by atoms with Gasteiger partial charge in [-0.05, 0) is 26.2 Å². The lowest BCUT2D eigenvalue weighted by Crippen LogP contribution is -2.14. The highest BCUT2D eigenvalue weighted by Crippen LogP contribution is 2.17. The van der Waals surface area contributed by atoms with Crippen LogP contribution < -0.4 is 0 Å². The van der Waals surface area contributed by atoms with Crippen molar-refractivity contribution in [3.63, 3.8) is 0 Å². The fraction of sp³-hybridized carbons (Fsp3) is 1.00. The molecule has 2 atom stereocenters. The summed E-state index contributed by atoms with van der Waals surface area (Å²) >= 11 is 1.42. The molecule has 0 aromatic heterocycles. The van der Waals surface area contributed by atoms with Crippen LogP contribution in [0.3, 0.4) is 0 Å². The molecule has 2 unspecified atom stereocenters. The van der Waals surface area contributed by atoms with Gasteiger partial charge in [0.05, 0.1) is 0 Å². The molecule has 0 amide bonds. The number of hydrogen-bond acceptors (Lipinski definition) is 2. The van der Waals surface area contributed by atoms with Crippen LogP contribution in [-0.4, -0.2) is 36.5 Å². The third-order valence-electron chi connectivity index (χ3n) is 1.22. The van der Waals surface area contributed by atoms with Crippen molar-refractivity contribution in [2.24, 2.45) is 0 Å². The first-order valence-electron chi connectivity index (χ1n) is 4.40. The van der Waals surface area contributed by atoms with Crippen LogP contribution in [0, 0.1) is 0 Å². The van der Waals surface area contributed by atoms with Gasteiger partial charge in [0.15, 0.2) is 0 Å². The monoisotopic (exact) mass is 135 g/mol. The van der Waals surface area contributed by atoms with Crippen molar-refractivity contribution in [3.8, 4) is 0 Å². The van der Waals surface area contributed by atoms with Crippen LogP contribution >= 0.6 is 11.8 Å². The Kier molecular flexibility index (Phi) is 1.19. The fourth-order valence-electron chi connectivity index (χ4n) is 0.728. The van der Waals surface area contributed by atoms with Gasteiger partial charge in [0, 0.05) is 15.9 Å². The van der Waals surface area contributed by atoms with E-state index in [0.29, 0.717) is 13.1 Å². The summed E-state index contributed by atoms with van der Waals surface area (Å²) in [4.78, 5) is 1.83. The van der Waals surface area contributed by atoms with E-state index in [4.69, 9.17) is 4.11 Å². The Bertz CT molecular complexity index is 146. The van der Waals surface area contributed by atoms with Crippen LogP contribution in [0.2, 0.25) is 0 Å². The first-order chi connectivity index (χ1) is 5.12. The number of hydrogen-bond donors (Lipinski definition) is 0. The Labute approximate surface area is 59.7 Å². The molecule has 0 saturated carbocycles. The highest BCUT2D eigenvalue weighted by atomic mass is 32.2. The molecule has 1 aliphatic rings. The van der Waals surface area contributed by atoms with E-state index in [0.717, 1.165) is 0 Å². The van der Waals surface area contributed by atoms with Crippen LogP contribution in [0.25, 0.3) is 0 Å². The van der Waals surface area contributed by atoms with Gasteiger partial charge in [-0.15, -0.1) is 0 Å². The molecular weight excluding hydrogens is 118 g/mol. The Hall–Kier alpha value is 0.310. The zero-order valence-corrected chi connectivity index (χ0v) is 5.87. The third-order valence-corrected chi connectivity index (χ3v) is 2.04. The summed E-state index contributed by atoms with van der Waals surface area (Å²) in [5.41, 5.74) is 0. The average molecular weight is 135 g/mol. The molecule has 48 valence electrons. The first kappa shape index (κ1) is 3.47. The molecular formula is C6H13NS. The molecule has 8 heavy (non-hydrogen) atoms. The van der Waals surface area contributed by atoms with Crippen molar-refractivity contribution < 1.29 is 4.11 Å². The number of rotatable bonds is 1. The maximum atomic E-state index is 7.82. The van der Waals surface area contributed by atoms with Crippen LogP contribution in [0.5, 0.6) is 0 Å². The van der Waals surface area contributed by atoms with Crippen molar-refractivity contribution in [3.05, 3.63) is 0 Å². The van der Waals surface area contributed by atoms with Crippen molar-refractivity contribution in [1.82, 2.24) is 4.90 Å². The fourth-order valence-corrected chi connectivity index (χ4v) is 1.28. The van der Waals surface area contributed by atoms with Crippen LogP contribution in [0.1, 0.15) is 10.5 Å². The summed E-state index contributed by atoms with van der Waals surface area (Å²) in [6.07, 6.45) is 1.50. The van der Waals surface area contributed by atoms with Crippen molar-refractivity contribution >= 4 is 11.8 Å². The van der Waals surface area contributed by atoms with Gasteiger partial charge in [0.25, 0.3) is 0 Å². The van der Waals surface area contributed by atoms with Gasteiger partial charge < -0.3 is 4.90 Å². The maximum absolute atomic E-state index is 7.82. The SMILES string of the molecule is [2H]C1CN(C[3H])CC1([2H])SC. The minimum absolute atomic E-state index is 0.219. The number of likely N-dealkylation sites (tertiary alicyclic amines) is 1. The second-order valence-electron chi connectivity index (χ2n) is 1.89. The van der Waals surface area contributed by atoms with E-state index in [1.807, 2.05) is 11.2 Å². The molecule has 1 rings (SSSR count). The van der Waals surface area contributed by atoms with Gasteiger partial charge in [0.1, 0.15) is 0 Å². The van der Waals surface area contributed by atoms with Crippen LogP contribution in [0.4, 0.5) is 0 Å².